The van der Waals surface area contributed by atoms with Gasteiger partial charge in [0.05, 0.1) is 17.2 Å². The lowest BCUT2D eigenvalue weighted by Crippen LogP contribution is -2.28. The molecule has 236 valence electrons. The first-order chi connectivity index (χ1) is 24.8. The third kappa shape index (κ3) is 4.47. The molecule has 5 heteroatoms. The van der Waals surface area contributed by atoms with E-state index in [-0.39, 0.29) is 0 Å². The van der Waals surface area contributed by atoms with E-state index in [0.29, 0.717) is 23.5 Å². The number of nitrogens with zero attached hydrogens (tertiary/aromatic N) is 5. The first-order valence-corrected chi connectivity index (χ1v) is 17.1. The van der Waals surface area contributed by atoms with E-state index < -0.39 is 5.41 Å². The Morgan fingerprint density at radius 1 is 0.540 bits per heavy atom. The van der Waals surface area contributed by atoms with Crippen molar-refractivity contribution in [2.24, 2.45) is 0 Å². The molecule has 7 aromatic rings. The molecular formula is C45H31N5. The molecule has 1 saturated heterocycles. The molecule has 2 aliphatic heterocycles. The molecule has 2 aromatic heterocycles. The van der Waals surface area contributed by atoms with Crippen LogP contribution in [0.5, 0.6) is 0 Å². The SMILES string of the molecule is C1=CC2CN2C(c2nc(-c3ccc4c(c3)C(c3ccccc3)(c3ccccc3)c3cc(-c5ccccc5)ccc3-4)nc(-c3ccccn3)n2)=C1. The Balaban J connectivity index is 1.23. The normalized spacial score (nSPS) is 16.3. The van der Waals surface area contributed by atoms with Crippen LogP contribution in [0.1, 0.15) is 28.1 Å². The first kappa shape index (κ1) is 28.5. The minimum atomic E-state index is -0.572. The van der Waals surface area contributed by atoms with Crippen molar-refractivity contribution in [3.63, 3.8) is 0 Å². The predicted molar refractivity (Wildman–Crippen MR) is 199 cm³/mol. The molecule has 10 rings (SSSR count). The molecule has 0 saturated carbocycles. The fourth-order valence-corrected chi connectivity index (χ4v) is 7.84. The smallest absolute Gasteiger partial charge is 0.182 e. The lowest BCUT2D eigenvalue weighted by molar-refractivity contribution is 0.737. The van der Waals surface area contributed by atoms with Crippen LogP contribution < -0.4 is 0 Å². The summed E-state index contributed by atoms with van der Waals surface area (Å²) in [5.41, 5.74) is 11.8. The van der Waals surface area contributed by atoms with Gasteiger partial charge in [-0.15, -0.1) is 0 Å². The number of pyridine rings is 1. The summed E-state index contributed by atoms with van der Waals surface area (Å²) in [7, 11) is 0. The zero-order valence-corrected chi connectivity index (χ0v) is 27.2. The van der Waals surface area contributed by atoms with Crippen LogP contribution in [0.3, 0.4) is 0 Å². The Morgan fingerprint density at radius 3 is 1.82 bits per heavy atom. The van der Waals surface area contributed by atoms with Crippen LogP contribution in [0, 0.1) is 0 Å². The van der Waals surface area contributed by atoms with E-state index in [4.69, 9.17) is 15.0 Å². The third-order valence-electron chi connectivity index (χ3n) is 10.2. The second-order valence-electron chi connectivity index (χ2n) is 13.0. The number of rotatable bonds is 6. The van der Waals surface area contributed by atoms with Crippen LogP contribution in [0.2, 0.25) is 0 Å². The predicted octanol–water partition coefficient (Wildman–Crippen LogP) is 9.23. The molecule has 4 heterocycles. The number of allylic oxidation sites excluding steroid dienone is 2. The number of hydrogen-bond acceptors (Lipinski definition) is 5. The minimum absolute atomic E-state index is 0.408. The standard InChI is InChI=1S/C45H31N5/c1-4-13-30(14-5-1)31-22-24-36-37-25-23-32(28-39(37)45(38(36)27-31,33-15-6-2-7-16-33)34-17-8-3-9-18-34)42-47-43(40-20-10-11-26-46-40)49-44(48-42)41-21-12-19-35-29-50(35)41/h1-28,35H,29H2. The van der Waals surface area contributed by atoms with Gasteiger partial charge >= 0.3 is 0 Å². The topological polar surface area (TPSA) is 54.6 Å². The summed E-state index contributed by atoms with van der Waals surface area (Å²) < 4.78 is 0. The Morgan fingerprint density at radius 2 is 1.14 bits per heavy atom. The Kier molecular flexibility index (Phi) is 6.46. The molecule has 0 amide bonds. The van der Waals surface area contributed by atoms with Gasteiger partial charge in [0, 0.05) is 18.3 Å². The van der Waals surface area contributed by atoms with Crippen LogP contribution in [-0.4, -0.2) is 37.4 Å². The molecule has 1 atom stereocenters. The molecular weight excluding hydrogens is 611 g/mol. The van der Waals surface area contributed by atoms with Crippen LogP contribution in [0.15, 0.2) is 170 Å². The van der Waals surface area contributed by atoms with Crippen molar-refractivity contribution < 1.29 is 0 Å². The molecule has 0 bridgehead atoms. The zero-order valence-electron chi connectivity index (χ0n) is 27.2. The number of benzene rings is 5. The average Bonchev–Trinajstić information content (AvgIpc) is 3.94. The van der Waals surface area contributed by atoms with E-state index >= 15 is 0 Å². The highest BCUT2D eigenvalue weighted by Gasteiger charge is 2.46. The van der Waals surface area contributed by atoms with Crippen molar-refractivity contribution in [1.82, 2.24) is 24.8 Å². The van der Waals surface area contributed by atoms with E-state index in [2.05, 4.69) is 156 Å². The summed E-state index contributed by atoms with van der Waals surface area (Å²) in [5.74, 6) is 1.85. The first-order valence-electron chi connectivity index (χ1n) is 17.1. The van der Waals surface area contributed by atoms with Crippen molar-refractivity contribution in [1.29, 1.82) is 0 Å². The Hall–Kier alpha value is -6.46. The molecule has 5 nitrogen and oxygen atoms in total. The molecule has 1 unspecified atom stereocenters. The molecule has 50 heavy (non-hydrogen) atoms. The van der Waals surface area contributed by atoms with Crippen LogP contribution >= 0.6 is 0 Å². The maximum absolute atomic E-state index is 5.16. The fourth-order valence-electron chi connectivity index (χ4n) is 7.84. The maximum atomic E-state index is 5.16. The van der Waals surface area contributed by atoms with Gasteiger partial charge in [0.15, 0.2) is 17.5 Å². The monoisotopic (exact) mass is 641 g/mol. The van der Waals surface area contributed by atoms with Gasteiger partial charge in [-0.1, -0.05) is 133 Å². The van der Waals surface area contributed by atoms with Crippen molar-refractivity contribution in [3.05, 3.63) is 198 Å². The van der Waals surface area contributed by atoms with Gasteiger partial charge in [-0.3, -0.25) is 4.98 Å². The molecule has 1 fully saturated rings. The van der Waals surface area contributed by atoms with E-state index in [1.165, 1.54) is 44.5 Å². The minimum Gasteiger partial charge on any atom is -0.358 e. The highest BCUT2D eigenvalue weighted by atomic mass is 15.3. The summed E-state index contributed by atoms with van der Waals surface area (Å²) >= 11 is 0. The van der Waals surface area contributed by atoms with E-state index in [0.717, 1.165) is 23.5 Å². The largest absolute Gasteiger partial charge is 0.358 e. The summed E-state index contributed by atoms with van der Waals surface area (Å²) in [6.45, 7) is 0.973. The molecule has 3 aliphatic rings. The summed E-state index contributed by atoms with van der Waals surface area (Å²) in [5, 5.41) is 0. The van der Waals surface area contributed by atoms with Gasteiger partial charge < -0.3 is 4.90 Å². The van der Waals surface area contributed by atoms with Gasteiger partial charge in [-0.2, -0.15) is 0 Å². The van der Waals surface area contributed by atoms with Crippen LogP contribution in [0.25, 0.3) is 50.9 Å². The highest BCUT2D eigenvalue weighted by molar-refractivity contribution is 5.90. The Labute approximate surface area is 291 Å². The van der Waals surface area contributed by atoms with Crippen molar-refractivity contribution >= 4 is 5.70 Å². The highest BCUT2D eigenvalue weighted by Crippen LogP contribution is 2.57. The van der Waals surface area contributed by atoms with E-state index in [1.807, 2.05) is 18.2 Å². The lowest BCUT2D eigenvalue weighted by Gasteiger charge is -2.34. The molecule has 5 aromatic carbocycles. The van der Waals surface area contributed by atoms with Crippen LogP contribution in [0.4, 0.5) is 0 Å². The Bertz CT molecular complexity index is 2420. The van der Waals surface area contributed by atoms with Gasteiger partial charge in [-0.25, -0.2) is 15.0 Å². The number of hydrogen-bond donors (Lipinski definition) is 0. The third-order valence-corrected chi connectivity index (χ3v) is 10.2. The van der Waals surface area contributed by atoms with Gasteiger partial charge in [-0.05, 0) is 74.8 Å². The van der Waals surface area contributed by atoms with Crippen molar-refractivity contribution in [2.75, 3.05) is 6.54 Å². The van der Waals surface area contributed by atoms with Gasteiger partial charge in [0.2, 0.25) is 0 Å². The van der Waals surface area contributed by atoms with Crippen LogP contribution in [-0.2, 0) is 5.41 Å². The maximum Gasteiger partial charge on any atom is 0.182 e. The van der Waals surface area contributed by atoms with Gasteiger partial charge in [0.1, 0.15) is 5.69 Å². The summed E-state index contributed by atoms with van der Waals surface area (Å²) in [6.07, 6.45) is 8.22. The number of aromatic nitrogens is 4. The fraction of sp³-hybridized carbons (Fsp3) is 0.0667. The quantitative estimate of drug-likeness (QED) is 0.170. The van der Waals surface area contributed by atoms with E-state index in [9.17, 15) is 0 Å². The average molecular weight is 642 g/mol. The van der Waals surface area contributed by atoms with E-state index in [1.54, 1.807) is 6.20 Å². The zero-order chi connectivity index (χ0) is 33.1. The summed E-state index contributed by atoms with van der Waals surface area (Å²) in [4.78, 5) is 22.1. The number of fused-ring (bicyclic) bond motifs is 4. The second kappa shape index (κ2) is 11.3. The van der Waals surface area contributed by atoms with Crippen molar-refractivity contribution in [3.8, 4) is 45.2 Å². The summed E-state index contributed by atoms with van der Waals surface area (Å²) in [6, 6.07) is 52.4. The molecule has 1 aliphatic carbocycles. The molecule has 0 N–H and O–H groups in total. The lowest BCUT2D eigenvalue weighted by atomic mass is 9.67. The van der Waals surface area contributed by atoms with Crippen molar-refractivity contribution in [2.45, 2.75) is 11.5 Å². The van der Waals surface area contributed by atoms with Gasteiger partial charge in [0.25, 0.3) is 0 Å². The molecule has 0 spiro atoms. The second-order valence-corrected chi connectivity index (χ2v) is 13.0. The molecule has 0 radical (unpaired) electrons.